The number of nitrogens with two attached hydrogens (primary N) is 1. The summed E-state index contributed by atoms with van der Waals surface area (Å²) in [6, 6.07) is 7.83. The van der Waals surface area contributed by atoms with Gasteiger partial charge in [0.1, 0.15) is 5.75 Å². The van der Waals surface area contributed by atoms with E-state index in [1.54, 1.807) is 0 Å². The van der Waals surface area contributed by atoms with Gasteiger partial charge in [-0.05, 0) is 50.9 Å². The van der Waals surface area contributed by atoms with Crippen molar-refractivity contribution in [3.63, 3.8) is 0 Å². The molecule has 0 saturated heterocycles. The fourth-order valence-electron chi connectivity index (χ4n) is 2.01. The fraction of sp³-hybridized carbons (Fsp3) is 0.562. The maximum Gasteiger partial charge on any atom is 0.223 e. The van der Waals surface area contributed by atoms with Gasteiger partial charge in [-0.1, -0.05) is 19.1 Å². The van der Waals surface area contributed by atoms with Gasteiger partial charge in [0, 0.05) is 5.92 Å². The highest BCUT2D eigenvalue weighted by Crippen LogP contribution is 2.18. The number of carbonyl (C=O) groups excluding carboxylic acids is 1. The van der Waals surface area contributed by atoms with Crippen molar-refractivity contribution in [2.24, 2.45) is 11.7 Å². The first kappa shape index (κ1) is 16.5. The molecule has 3 N–H and O–H groups in total. The Kier molecular flexibility index (Phi) is 7.09. The molecule has 1 aromatic carbocycles. The first-order valence-electron chi connectivity index (χ1n) is 7.31. The van der Waals surface area contributed by atoms with Crippen molar-refractivity contribution < 1.29 is 9.53 Å². The molecule has 0 radical (unpaired) electrons. The lowest BCUT2D eigenvalue weighted by Crippen LogP contribution is -2.31. The van der Waals surface area contributed by atoms with Crippen molar-refractivity contribution in [1.29, 1.82) is 0 Å². The molecule has 0 spiro atoms. The van der Waals surface area contributed by atoms with Crippen molar-refractivity contribution >= 4 is 5.91 Å². The van der Waals surface area contributed by atoms with Crippen LogP contribution in [-0.2, 0) is 4.79 Å². The molecule has 0 heterocycles. The van der Waals surface area contributed by atoms with E-state index in [-0.39, 0.29) is 17.9 Å². The van der Waals surface area contributed by atoms with Crippen molar-refractivity contribution in [2.75, 3.05) is 13.2 Å². The minimum Gasteiger partial charge on any atom is -0.494 e. The second-order valence-corrected chi connectivity index (χ2v) is 5.06. The van der Waals surface area contributed by atoms with Crippen LogP contribution in [0.1, 0.15) is 45.2 Å². The number of hydrogen-bond donors (Lipinski definition) is 2. The summed E-state index contributed by atoms with van der Waals surface area (Å²) in [6.45, 7) is 7.18. The molecule has 20 heavy (non-hydrogen) atoms. The monoisotopic (exact) mass is 278 g/mol. The van der Waals surface area contributed by atoms with Crippen molar-refractivity contribution in [2.45, 2.75) is 39.7 Å². The number of rotatable bonds is 8. The Hall–Kier alpha value is -1.55. The zero-order chi connectivity index (χ0) is 15.0. The number of hydrogen-bond acceptors (Lipinski definition) is 3. The predicted octanol–water partition coefficient (Wildman–Crippen LogP) is 2.64. The normalized spacial score (nSPS) is 13.6. The second kappa shape index (κ2) is 8.59. The van der Waals surface area contributed by atoms with Gasteiger partial charge in [-0.25, -0.2) is 0 Å². The Morgan fingerprint density at radius 2 is 1.95 bits per heavy atom. The highest BCUT2D eigenvalue weighted by atomic mass is 16.5. The first-order valence-corrected chi connectivity index (χ1v) is 7.31. The third-order valence-electron chi connectivity index (χ3n) is 3.34. The van der Waals surface area contributed by atoms with E-state index in [0.29, 0.717) is 13.2 Å². The molecule has 112 valence electrons. The van der Waals surface area contributed by atoms with E-state index >= 15 is 0 Å². The van der Waals surface area contributed by atoms with E-state index in [9.17, 15) is 4.79 Å². The van der Waals surface area contributed by atoms with E-state index < -0.39 is 0 Å². The third kappa shape index (κ3) is 5.21. The van der Waals surface area contributed by atoms with E-state index in [0.717, 1.165) is 24.2 Å². The van der Waals surface area contributed by atoms with Gasteiger partial charge in [0.25, 0.3) is 0 Å². The Balaban J connectivity index is 2.52. The summed E-state index contributed by atoms with van der Waals surface area (Å²) in [5.41, 5.74) is 6.54. The molecule has 1 aromatic rings. The molecule has 0 bridgehead atoms. The molecule has 0 aromatic heterocycles. The molecule has 1 rings (SSSR count). The lowest BCUT2D eigenvalue weighted by Gasteiger charge is -2.18. The van der Waals surface area contributed by atoms with Gasteiger partial charge in [-0.3, -0.25) is 4.79 Å². The third-order valence-corrected chi connectivity index (χ3v) is 3.34. The summed E-state index contributed by atoms with van der Waals surface area (Å²) >= 11 is 0. The van der Waals surface area contributed by atoms with Gasteiger partial charge in [0.05, 0.1) is 12.6 Å². The average molecular weight is 278 g/mol. The highest BCUT2D eigenvalue weighted by molar-refractivity contribution is 5.78. The quantitative estimate of drug-likeness (QED) is 0.768. The molecule has 4 nitrogen and oxygen atoms in total. The highest BCUT2D eigenvalue weighted by Gasteiger charge is 2.15. The van der Waals surface area contributed by atoms with Crippen LogP contribution >= 0.6 is 0 Å². The van der Waals surface area contributed by atoms with Crippen molar-refractivity contribution in [3.8, 4) is 5.75 Å². The van der Waals surface area contributed by atoms with Gasteiger partial charge >= 0.3 is 0 Å². The summed E-state index contributed by atoms with van der Waals surface area (Å²) in [5, 5.41) is 3.04. The predicted molar refractivity (Wildman–Crippen MR) is 81.6 cm³/mol. The lowest BCUT2D eigenvalue weighted by atomic mass is 10.0. The maximum absolute atomic E-state index is 12.0. The summed E-state index contributed by atoms with van der Waals surface area (Å²) in [5.74, 6) is 0.939. The van der Waals surface area contributed by atoms with Gasteiger partial charge < -0.3 is 15.8 Å². The Morgan fingerprint density at radius 1 is 1.30 bits per heavy atom. The van der Waals surface area contributed by atoms with E-state index in [1.807, 2.05) is 45.0 Å². The molecule has 1 amide bonds. The summed E-state index contributed by atoms with van der Waals surface area (Å²) in [6.07, 6.45) is 1.71. The fourth-order valence-corrected chi connectivity index (χ4v) is 2.01. The second-order valence-electron chi connectivity index (χ2n) is 5.06. The first-order chi connectivity index (χ1) is 9.58. The van der Waals surface area contributed by atoms with Crippen LogP contribution < -0.4 is 15.8 Å². The van der Waals surface area contributed by atoms with Crippen LogP contribution in [0.2, 0.25) is 0 Å². The number of benzene rings is 1. The minimum atomic E-state index is -0.00139. The van der Waals surface area contributed by atoms with Gasteiger partial charge in [0.2, 0.25) is 5.91 Å². The minimum absolute atomic E-state index is 0.00139. The zero-order valence-corrected chi connectivity index (χ0v) is 12.7. The molecule has 4 heteroatoms. The molecule has 2 atom stereocenters. The maximum atomic E-state index is 12.0. The number of nitrogens with one attached hydrogen (secondary N) is 1. The molecule has 0 saturated carbocycles. The summed E-state index contributed by atoms with van der Waals surface area (Å²) in [7, 11) is 0. The summed E-state index contributed by atoms with van der Waals surface area (Å²) in [4.78, 5) is 12.0. The van der Waals surface area contributed by atoms with E-state index in [4.69, 9.17) is 10.5 Å². The molecule has 0 aliphatic carbocycles. The van der Waals surface area contributed by atoms with Crippen LogP contribution in [0.15, 0.2) is 24.3 Å². The van der Waals surface area contributed by atoms with Crippen LogP contribution in [0.4, 0.5) is 0 Å². The smallest absolute Gasteiger partial charge is 0.223 e. The van der Waals surface area contributed by atoms with Crippen LogP contribution in [0.3, 0.4) is 0 Å². The van der Waals surface area contributed by atoms with Gasteiger partial charge in [0.15, 0.2) is 0 Å². The molecule has 0 aliphatic rings. The van der Waals surface area contributed by atoms with E-state index in [1.165, 1.54) is 0 Å². The van der Waals surface area contributed by atoms with Crippen molar-refractivity contribution in [1.82, 2.24) is 5.32 Å². The zero-order valence-electron chi connectivity index (χ0n) is 12.7. The Bertz CT molecular complexity index is 403. The number of ether oxygens (including phenoxy) is 1. The molecular formula is C16H26N2O2. The lowest BCUT2D eigenvalue weighted by molar-refractivity contribution is -0.125. The average Bonchev–Trinajstić information content (AvgIpc) is 2.45. The van der Waals surface area contributed by atoms with E-state index in [2.05, 4.69) is 5.32 Å². The molecule has 2 unspecified atom stereocenters. The Morgan fingerprint density at radius 3 is 2.50 bits per heavy atom. The van der Waals surface area contributed by atoms with Crippen molar-refractivity contribution in [3.05, 3.63) is 29.8 Å². The van der Waals surface area contributed by atoms with Gasteiger partial charge in [-0.2, -0.15) is 0 Å². The Labute approximate surface area is 121 Å². The van der Waals surface area contributed by atoms with Crippen LogP contribution in [0, 0.1) is 5.92 Å². The number of amides is 1. The molecule has 0 fully saturated rings. The largest absolute Gasteiger partial charge is 0.494 e. The topological polar surface area (TPSA) is 64.3 Å². The standard InChI is InChI=1S/C16H26N2O2/c1-4-20-15-9-7-14(8-10-15)13(3)18-16(19)12(2)6-5-11-17/h7-10,12-13H,4-6,11,17H2,1-3H3,(H,18,19). The van der Waals surface area contributed by atoms with Crippen LogP contribution in [-0.4, -0.2) is 19.1 Å². The van der Waals surface area contributed by atoms with Crippen LogP contribution in [0.5, 0.6) is 5.75 Å². The SMILES string of the molecule is CCOc1ccc(C(C)NC(=O)C(C)CCCN)cc1. The molecule has 0 aliphatic heterocycles. The number of carbonyl (C=O) groups is 1. The summed E-state index contributed by atoms with van der Waals surface area (Å²) < 4.78 is 5.41. The van der Waals surface area contributed by atoms with Crippen LogP contribution in [0.25, 0.3) is 0 Å². The molecular weight excluding hydrogens is 252 g/mol. The van der Waals surface area contributed by atoms with Gasteiger partial charge in [-0.15, -0.1) is 0 Å².